The van der Waals surface area contributed by atoms with Crippen molar-refractivity contribution in [1.82, 2.24) is 14.9 Å². The minimum atomic E-state index is -0.311. The Bertz CT molecular complexity index is 849. The lowest BCUT2D eigenvalue weighted by Gasteiger charge is -2.14. The van der Waals surface area contributed by atoms with Crippen LogP contribution in [0.5, 0.6) is 0 Å². The lowest BCUT2D eigenvalue weighted by molar-refractivity contribution is 0.0944. The summed E-state index contributed by atoms with van der Waals surface area (Å²) in [5, 5.41) is 7.54. The van der Waals surface area contributed by atoms with Gasteiger partial charge in [0.15, 0.2) is 0 Å². The van der Waals surface area contributed by atoms with Gasteiger partial charge in [-0.3, -0.25) is 4.79 Å². The number of carbonyl (C=O) groups excluding carboxylic acids is 1. The predicted octanol–water partition coefficient (Wildman–Crippen LogP) is 4.49. The molecule has 1 aromatic heterocycles. The van der Waals surface area contributed by atoms with Crippen LogP contribution in [0.1, 0.15) is 28.2 Å². The third kappa shape index (κ3) is 3.60. The summed E-state index contributed by atoms with van der Waals surface area (Å²) in [7, 11) is 0. The minimum Gasteiger partial charge on any atom is -0.345 e. The number of hydrogen-bond donors (Lipinski definition) is 1. The van der Waals surface area contributed by atoms with Gasteiger partial charge in [-0.15, -0.1) is 5.10 Å². The summed E-state index contributed by atoms with van der Waals surface area (Å²) in [6.45, 7) is 1.83. The molecule has 0 unspecified atom stereocenters. The van der Waals surface area contributed by atoms with Gasteiger partial charge in [0.05, 0.1) is 6.04 Å². The Hall–Kier alpha value is -2.31. The van der Waals surface area contributed by atoms with Gasteiger partial charge in [-0.25, -0.2) is 4.39 Å². The zero-order valence-electron chi connectivity index (χ0n) is 12.7. The van der Waals surface area contributed by atoms with Crippen molar-refractivity contribution in [3.05, 3.63) is 69.8 Å². The number of rotatable bonds is 4. The molecular weight excluding hydrogens is 349 g/mol. The quantitative estimate of drug-likeness (QED) is 0.745. The van der Waals surface area contributed by atoms with E-state index in [2.05, 4.69) is 14.9 Å². The molecule has 0 radical (unpaired) electrons. The first-order valence-corrected chi connectivity index (χ1v) is 8.34. The molecule has 3 aromatic rings. The fourth-order valence-electron chi connectivity index (χ4n) is 2.23. The molecule has 0 aliphatic carbocycles. The zero-order valence-corrected chi connectivity index (χ0v) is 14.2. The van der Waals surface area contributed by atoms with Crippen LogP contribution >= 0.6 is 23.1 Å². The highest BCUT2D eigenvalue weighted by atomic mass is 35.5. The fourth-order valence-corrected chi connectivity index (χ4v) is 2.95. The molecule has 0 saturated heterocycles. The van der Waals surface area contributed by atoms with Gasteiger partial charge in [-0.2, -0.15) is 0 Å². The van der Waals surface area contributed by atoms with E-state index in [1.165, 1.54) is 12.1 Å². The van der Waals surface area contributed by atoms with Crippen molar-refractivity contribution in [1.29, 1.82) is 0 Å². The standard InChI is InChI=1S/C17H13ClFN3OS/c1-10(11-4-8-14(19)9-5-11)20-17(23)16-15(21-22-24-16)12-2-6-13(18)7-3-12/h2-10H,1H3,(H,20,23)/t10-/m0/s1. The zero-order chi connectivity index (χ0) is 17.1. The van der Waals surface area contributed by atoms with Gasteiger partial charge in [0.2, 0.25) is 0 Å². The van der Waals surface area contributed by atoms with Gasteiger partial charge in [-0.1, -0.05) is 40.4 Å². The van der Waals surface area contributed by atoms with E-state index in [0.717, 1.165) is 22.7 Å². The van der Waals surface area contributed by atoms with Crippen molar-refractivity contribution in [2.45, 2.75) is 13.0 Å². The smallest absolute Gasteiger partial charge is 0.265 e. The predicted molar refractivity (Wildman–Crippen MR) is 92.6 cm³/mol. The topological polar surface area (TPSA) is 54.9 Å². The summed E-state index contributed by atoms with van der Waals surface area (Å²) in [6.07, 6.45) is 0. The number of nitrogens with zero attached hydrogens (tertiary/aromatic N) is 2. The number of nitrogens with one attached hydrogen (secondary N) is 1. The Morgan fingerprint density at radius 1 is 1.17 bits per heavy atom. The van der Waals surface area contributed by atoms with Crippen LogP contribution in [0.3, 0.4) is 0 Å². The maximum Gasteiger partial charge on any atom is 0.265 e. The number of hydrogen-bond acceptors (Lipinski definition) is 4. The molecule has 0 fully saturated rings. The Balaban J connectivity index is 1.80. The molecule has 0 bridgehead atoms. The second-order valence-corrected chi connectivity index (χ2v) is 6.39. The SMILES string of the molecule is C[C@H](NC(=O)c1snnc1-c1ccc(Cl)cc1)c1ccc(F)cc1. The van der Waals surface area contributed by atoms with Gasteiger partial charge >= 0.3 is 0 Å². The van der Waals surface area contributed by atoms with E-state index in [-0.39, 0.29) is 17.8 Å². The van der Waals surface area contributed by atoms with Gasteiger partial charge in [-0.05, 0) is 48.3 Å². The number of aromatic nitrogens is 2. The molecule has 0 aliphatic heterocycles. The van der Waals surface area contributed by atoms with Crippen LogP contribution in [0.2, 0.25) is 5.02 Å². The van der Waals surface area contributed by atoms with E-state index in [4.69, 9.17) is 11.6 Å². The van der Waals surface area contributed by atoms with Gasteiger partial charge in [0.25, 0.3) is 5.91 Å². The molecular formula is C17H13ClFN3OS. The molecule has 0 spiro atoms. The second-order valence-electron chi connectivity index (χ2n) is 5.20. The van der Waals surface area contributed by atoms with Crippen molar-refractivity contribution in [2.75, 3.05) is 0 Å². The van der Waals surface area contributed by atoms with Crippen LogP contribution in [0.4, 0.5) is 4.39 Å². The average molecular weight is 362 g/mol. The Kier molecular flexibility index (Phi) is 4.87. The van der Waals surface area contributed by atoms with Crippen molar-refractivity contribution >= 4 is 29.0 Å². The molecule has 24 heavy (non-hydrogen) atoms. The number of benzene rings is 2. The highest BCUT2D eigenvalue weighted by molar-refractivity contribution is 7.08. The summed E-state index contributed by atoms with van der Waals surface area (Å²) in [4.78, 5) is 13.0. The highest BCUT2D eigenvalue weighted by Crippen LogP contribution is 2.26. The molecule has 3 rings (SSSR count). The average Bonchev–Trinajstić information content (AvgIpc) is 3.06. The maximum atomic E-state index is 13.0. The monoisotopic (exact) mass is 361 g/mol. The molecule has 2 aromatic carbocycles. The summed E-state index contributed by atoms with van der Waals surface area (Å²) in [5.41, 5.74) is 2.10. The van der Waals surface area contributed by atoms with E-state index in [0.29, 0.717) is 15.6 Å². The summed E-state index contributed by atoms with van der Waals surface area (Å²) in [6, 6.07) is 12.8. The molecule has 7 heteroatoms. The van der Waals surface area contributed by atoms with Crippen LogP contribution in [-0.2, 0) is 0 Å². The maximum absolute atomic E-state index is 13.0. The van der Waals surface area contributed by atoms with E-state index >= 15 is 0 Å². The number of amides is 1. The van der Waals surface area contributed by atoms with Crippen LogP contribution in [0.25, 0.3) is 11.3 Å². The fraction of sp³-hybridized carbons (Fsp3) is 0.118. The van der Waals surface area contributed by atoms with Gasteiger partial charge in [0.1, 0.15) is 16.4 Å². The van der Waals surface area contributed by atoms with E-state index in [9.17, 15) is 9.18 Å². The lowest BCUT2D eigenvalue weighted by Crippen LogP contribution is -2.26. The lowest BCUT2D eigenvalue weighted by atomic mass is 10.1. The molecule has 1 heterocycles. The van der Waals surface area contributed by atoms with E-state index in [1.807, 2.05) is 6.92 Å². The van der Waals surface area contributed by atoms with E-state index < -0.39 is 0 Å². The second kappa shape index (κ2) is 7.07. The minimum absolute atomic E-state index is 0.265. The first kappa shape index (κ1) is 16.5. The summed E-state index contributed by atoms with van der Waals surface area (Å²) < 4.78 is 16.9. The van der Waals surface area contributed by atoms with Crippen LogP contribution in [0, 0.1) is 5.82 Å². The van der Waals surface area contributed by atoms with Crippen LogP contribution in [0.15, 0.2) is 48.5 Å². The number of carbonyl (C=O) groups is 1. The van der Waals surface area contributed by atoms with Crippen molar-refractivity contribution in [2.24, 2.45) is 0 Å². The normalized spacial score (nSPS) is 12.0. The third-order valence-electron chi connectivity index (χ3n) is 3.53. The molecule has 1 N–H and O–H groups in total. The third-order valence-corrected chi connectivity index (χ3v) is 4.51. The molecule has 0 aliphatic rings. The van der Waals surface area contributed by atoms with Crippen molar-refractivity contribution in [3.8, 4) is 11.3 Å². The van der Waals surface area contributed by atoms with Gasteiger partial charge < -0.3 is 5.32 Å². The van der Waals surface area contributed by atoms with Crippen LogP contribution < -0.4 is 5.32 Å². The largest absolute Gasteiger partial charge is 0.345 e. The van der Waals surface area contributed by atoms with Crippen molar-refractivity contribution in [3.63, 3.8) is 0 Å². The van der Waals surface area contributed by atoms with Gasteiger partial charge in [0, 0.05) is 10.6 Å². The molecule has 122 valence electrons. The van der Waals surface area contributed by atoms with Crippen LogP contribution in [-0.4, -0.2) is 15.5 Å². The first-order valence-electron chi connectivity index (χ1n) is 7.19. The van der Waals surface area contributed by atoms with E-state index in [1.54, 1.807) is 36.4 Å². The highest BCUT2D eigenvalue weighted by Gasteiger charge is 2.20. The Morgan fingerprint density at radius 2 is 1.83 bits per heavy atom. The Morgan fingerprint density at radius 3 is 2.50 bits per heavy atom. The molecule has 4 nitrogen and oxygen atoms in total. The Labute approximate surface area is 147 Å². The molecule has 1 amide bonds. The number of halogens is 2. The van der Waals surface area contributed by atoms with Crippen molar-refractivity contribution < 1.29 is 9.18 Å². The molecule has 0 saturated carbocycles. The summed E-state index contributed by atoms with van der Waals surface area (Å²) in [5.74, 6) is -0.583. The molecule has 1 atom stereocenters. The summed E-state index contributed by atoms with van der Waals surface area (Å²) >= 11 is 6.91. The first-order chi connectivity index (χ1) is 11.5.